The maximum atomic E-state index is 12.7. The average Bonchev–Trinajstić information content (AvgIpc) is 2.97. The topological polar surface area (TPSA) is 63.9 Å². The molecule has 2 aromatic rings. The zero-order chi connectivity index (χ0) is 16.3. The molecule has 118 valence electrons. The van der Waals surface area contributed by atoms with Crippen LogP contribution in [0.15, 0.2) is 31.0 Å². The number of hydrogen-bond donors (Lipinski definition) is 0. The lowest BCUT2D eigenvalue weighted by molar-refractivity contribution is 0.0632. The maximum Gasteiger partial charge on any atom is 0.255 e. The Hall–Kier alpha value is -2.24. The van der Waals surface area contributed by atoms with E-state index in [0.29, 0.717) is 17.9 Å². The summed E-state index contributed by atoms with van der Waals surface area (Å²) in [7, 11) is 0. The number of amides is 1. The van der Waals surface area contributed by atoms with E-state index < -0.39 is 0 Å². The van der Waals surface area contributed by atoms with Crippen LogP contribution < -0.4 is 0 Å². The fraction of sp³-hybridized carbons (Fsp3) is 0.500. The van der Waals surface area contributed by atoms with Crippen LogP contribution >= 0.6 is 0 Å². The molecule has 0 aliphatic rings. The van der Waals surface area contributed by atoms with Gasteiger partial charge < -0.3 is 4.90 Å². The second-order valence-corrected chi connectivity index (χ2v) is 6.83. The number of hydrogen-bond acceptors (Lipinski definition) is 4. The minimum atomic E-state index is 0.00238. The van der Waals surface area contributed by atoms with Crippen LogP contribution in [0.5, 0.6) is 0 Å². The van der Waals surface area contributed by atoms with Crippen molar-refractivity contribution >= 4 is 5.91 Å². The second-order valence-electron chi connectivity index (χ2n) is 6.83. The van der Waals surface area contributed by atoms with E-state index in [2.05, 4.69) is 35.8 Å². The molecule has 0 saturated heterocycles. The molecule has 0 saturated carbocycles. The first kappa shape index (κ1) is 16.1. The number of pyridine rings is 1. The van der Waals surface area contributed by atoms with E-state index >= 15 is 0 Å². The Morgan fingerprint density at radius 3 is 2.50 bits per heavy atom. The summed E-state index contributed by atoms with van der Waals surface area (Å²) in [5.74, 6) is 0.642. The molecule has 1 amide bonds. The Morgan fingerprint density at radius 2 is 2.05 bits per heavy atom. The van der Waals surface area contributed by atoms with Crippen molar-refractivity contribution in [3.63, 3.8) is 0 Å². The first-order valence-electron chi connectivity index (χ1n) is 7.40. The SMILES string of the molecule is CC(C)N(CC(C)(C)C)C(=O)c1ccc(-n2cncn2)nc1. The van der Waals surface area contributed by atoms with Crippen molar-refractivity contribution in [3.8, 4) is 5.82 Å². The third-order valence-electron chi connectivity index (χ3n) is 3.18. The van der Waals surface area contributed by atoms with Gasteiger partial charge in [-0.05, 0) is 31.4 Å². The van der Waals surface area contributed by atoms with Crippen molar-refractivity contribution in [2.24, 2.45) is 5.41 Å². The van der Waals surface area contributed by atoms with Crippen LogP contribution in [0.4, 0.5) is 0 Å². The molecule has 0 bridgehead atoms. The zero-order valence-corrected chi connectivity index (χ0v) is 13.8. The van der Waals surface area contributed by atoms with Crippen LogP contribution in [0, 0.1) is 5.41 Å². The number of rotatable bonds is 4. The number of nitrogens with zero attached hydrogens (tertiary/aromatic N) is 5. The van der Waals surface area contributed by atoms with E-state index in [9.17, 15) is 4.79 Å². The molecule has 6 nitrogen and oxygen atoms in total. The van der Waals surface area contributed by atoms with Gasteiger partial charge in [0, 0.05) is 18.8 Å². The molecule has 0 aromatic carbocycles. The Labute approximate surface area is 131 Å². The lowest BCUT2D eigenvalue weighted by Gasteiger charge is -2.33. The third kappa shape index (κ3) is 3.90. The van der Waals surface area contributed by atoms with Crippen LogP contribution in [-0.4, -0.2) is 43.1 Å². The molecule has 0 radical (unpaired) electrons. The summed E-state index contributed by atoms with van der Waals surface area (Å²) < 4.78 is 1.56. The van der Waals surface area contributed by atoms with E-state index in [1.54, 1.807) is 29.3 Å². The van der Waals surface area contributed by atoms with Crippen LogP contribution in [-0.2, 0) is 0 Å². The summed E-state index contributed by atoms with van der Waals surface area (Å²) >= 11 is 0. The second kappa shape index (κ2) is 6.25. The standard InChI is InChI=1S/C16H23N5O/c1-12(2)20(9-16(3,4)5)15(22)13-6-7-14(18-8-13)21-11-17-10-19-21/h6-8,10-12H,9H2,1-5H3. The van der Waals surface area contributed by atoms with Crippen LogP contribution in [0.3, 0.4) is 0 Å². The first-order valence-corrected chi connectivity index (χ1v) is 7.40. The van der Waals surface area contributed by atoms with Crippen molar-refractivity contribution < 1.29 is 4.79 Å². The van der Waals surface area contributed by atoms with Crippen molar-refractivity contribution in [1.82, 2.24) is 24.6 Å². The smallest absolute Gasteiger partial charge is 0.255 e. The Balaban J connectivity index is 2.20. The summed E-state index contributed by atoms with van der Waals surface area (Å²) in [4.78, 5) is 22.8. The van der Waals surface area contributed by atoms with E-state index in [-0.39, 0.29) is 17.4 Å². The van der Waals surface area contributed by atoms with Gasteiger partial charge in [-0.15, -0.1) is 0 Å². The molecule has 0 aliphatic heterocycles. The summed E-state index contributed by atoms with van der Waals surface area (Å²) in [5.41, 5.74) is 0.635. The van der Waals surface area contributed by atoms with Gasteiger partial charge in [-0.3, -0.25) is 4.79 Å². The van der Waals surface area contributed by atoms with Crippen molar-refractivity contribution in [2.75, 3.05) is 6.54 Å². The lowest BCUT2D eigenvalue weighted by atomic mass is 9.95. The summed E-state index contributed by atoms with van der Waals surface area (Å²) in [6.07, 6.45) is 4.62. The highest BCUT2D eigenvalue weighted by molar-refractivity contribution is 5.94. The van der Waals surface area contributed by atoms with Gasteiger partial charge in [0.25, 0.3) is 5.91 Å². The van der Waals surface area contributed by atoms with Gasteiger partial charge in [0.1, 0.15) is 12.7 Å². The molecular weight excluding hydrogens is 278 g/mol. The molecule has 22 heavy (non-hydrogen) atoms. The molecule has 2 heterocycles. The predicted molar refractivity (Wildman–Crippen MR) is 84.8 cm³/mol. The highest BCUT2D eigenvalue weighted by atomic mass is 16.2. The summed E-state index contributed by atoms with van der Waals surface area (Å²) in [5, 5.41) is 4.02. The van der Waals surface area contributed by atoms with E-state index in [1.165, 1.54) is 6.33 Å². The van der Waals surface area contributed by atoms with Crippen molar-refractivity contribution in [2.45, 2.75) is 40.7 Å². The highest BCUT2D eigenvalue weighted by Gasteiger charge is 2.24. The fourth-order valence-corrected chi connectivity index (χ4v) is 2.14. The van der Waals surface area contributed by atoms with Gasteiger partial charge in [-0.1, -0.05) is 20.8 Å². The van der Waals surface area contributed by atoms with Gasteiger partial charge in [0.2, 0.25) is 0 Å². The first-order chi connectivity index (χ1) is 10.3. The molecule has 2 aromatic heterocycles. The average molecular weight is 301 g/mol. The number of carbonyl (C=O) groups excluding carboxylic acids is 1. The molecule has 0 unspecified atom stereocenters. The van der Waals surface area contributed by atoms with Crippen LogP contribution in [0.25, 0.3) is 5.82 Å². The molecule has 2 rings (SSSR count). The van der Waals surface area contributed by atoms with Gasteiger partial charge in [0.15, 0.2) is 5.82 Å². The maximum absolute atomic E-state index is 12.7. The normalized spacial score (nSPS) is 11.7. The minimum absolute atomic E-state index is 0.00238. The highest BCUT2D eigenvalue weighted by Crippen LogP contribution is 2.19. The fourth-order valence-electron chi connectivity index (χ4n) is 2.14. The number of carbonyl (C=O) groups is 1. The Morgan fingerprint density at radius 1 is 1.32 bits per heavy atom. The van der Waals surface area contributed by atoms with Crippen LogP contribution in [0.1, 0.15) is 45.0 Å². The van der Waals surface area contributed by atoms with Gasteiger partial charge in [-0.2, -0.15) is 5.10 Å². The molecule has 0 N–H and O–H groups in total. The summed E-state index contributed by atoms with van der Waals surface area (Å²) in [6, 6.07) is 3.70. The van der Waals surface area contributed by atoms with Crippen LogP contribution in [0.2, 0.25) is 0 Å². The minimum Gasteiger partial charge on any atom is -0.336 e. The molecule has 0 spiro atoms. The Bertz CT molecular complexity index is 611. The van der Waals surface area contributed by atoms with Crippen molar-refractivity contribution in [3.05, 3.63) is 36.5 Å². The number of aromatic nitrogens is 4. The molecule has 0 atom stereocenters. The van der Waals surface area contributed by atoms with E-state index in [4.69, 9.17) is 0 Å². The molecule has 6 heteroatoms. The lowest BCUT2D eigenvalue weighted by Crippen LogP contribution is -2.42. The summed E-state index contributed by atoms with van der Waals surface area (Å²) in [6.45, 7) is 11.1. The van der Waals surface area contributed by atoms with Gasteiger partial charge in [-0.25, -0.2) is 14.6 Å². The quantitative estimate of drug-likeness (QED) is 0.870. The third-order valence-corrected chi connectivity index (χ3v) is 3.18. The van der Waals surface area contributed by atoms with E-state index in [1.807, 2.05) is 18.7 Å². The largest absolute Gasteiger partial charge is 0.336 e. The monoisotopic (exact) mass is 301 g/mol. The molecule has 0 aliphatic carbocycles. The van der Waals surface area contributed by atoms with Gasteiger partial charge >= 0.3 is 0 Å². The van der Waals surface area contributed by atoms with E-state index in [0.717, 1.165) is 0 Å². The van der Waals surface area contributed by atoms with Crippen molar-refractivity contribution in [1.29, 1.82) is 0 Å². The molecular formula is C16H23N5O. The van der Waals surface area contributed by atoms with Gasteiger partial charge in [0.05, 0.1) is 5.56 Å². The molecule has 0 fully saturated rings. The zero-order valence-electron chi connectivity index (χ0n) is 13.8. The predicted octanol–water partition coefficient (Wildman–Crippen LogP) is 2.56. The Kier molecular flexibility index (Phi) is 4.59.